The van der Waals surface area contributed by atoms with E-state index in [1.165, 1.54) is 19.3 Å². The highest BCUT2D eigenvalue weighted by molar-refractivity contribution is 5.30. The molecule has 1 aliphatic heterocycles. The van der Waals surface area contributed by atoms with E-state index in [0.29, 0.717) is 6.42 Å². The molecule has 25 heavy (non-hydrogen) atoms. The van der Waals surface area contributed by atoms with E-state index >= 15 is 0 Å². The summed E-state index contributed by atoms with van der Waals surface area (Å²) in [5.41, 5.74) is 2.09. The second-order valence-electron chi connectivity index (χ2n) is 6.89. The van der Waals surface area contributed by atoms with Crippen LogP contribution in [0, 0.1) is 0 Å². The monoisotopic (exact) mass is 340 g/mol. The van der Waals surface area contributed by atoms with Gasteiger partial charge in [-0.05, 0) is 38.3 Å². The molecule has 5 heteroatoms. The van der Waals surface area contributed by atoms with Crippen molar-refractivity contribution in [3.8, 4) is 0 Å². The van der Waals surface area contributed by atoms with Crippen molar-refractivity contribution < 1.29 is 5.11 Å². The van der Waals surface area contributed by atoms with E-state index in [2.05, 4.69) is 26.8 Å². The Morgan fingerprint density at radius 2 is 1.76 bits per heavy atom. The summed E-state index contributed by atoms with van der Waals surface area (Å²) in [4.78, 5) is 13.5. The molecule has 1 fully saturated rings. The fourth-order valence-corrected chi connectivity index (χ4v) is 3.26. The zero-order valence-corrected chi connectivity index (χ0v) is 15.0. The summed E-state index contributed by atoms with van der Waals surface area (Å²) in [6.45, 7) is 3.75. The van der Waals surface area contributed by atoms with Gasteiger partial charge in [0.25, 0.3) is 0 Å². The van der Waals surface area contributed by atoms with Crippen molar-refractivity contribution in [2.24, 2.45) is 0 Å². The summed E-state index contributed by atoms with van der Waals surface area (Å²) in [6, 6.07) is 9.83. The average molecular weight is 340 g/mol. The van der Waals surface area contributed by atoms with E-state index in [1.807, 2.05) is 42.7 Å². The van der Waals surface area contributed by atoms with E-state index in [9.17, 15) is 5.11 Å². The lowest BCUT2D eigenvalue weighted by Crippen LogP contribution is -2.31. The summed E-state index contributed by atoms with van der Waals surface area (Å²) >= 11 is 0. The lowest BCUT2D eigenvalue weighted by molar-refractivity contribution is 0.147. The Labute approximate surface area is 150 Å². The smallest absolute Gasteiger partial charge is 0.225 e. The molecule has 0 bridgehead atoms. The molecule has 3 rings (SSSR count). The first-order chi connectivity index (χ1) is 12.2. The van der Waals surface area contributed by atoms with Crippen LogP contribution in [-0.4, -0.2) is 46.7 Å². The van der Waals surface area contributed by atoms with Gasteiger partial charge in [-0.2, -0.15) is 0 Å². The summed E-state index contributed by atoms with van der Waals surface area (Å²) < 4.78 is 0. The molecule has 134 valence electrons. The van der Waals surface area contributed by atoms with E-state index in [4.69, 9.17) is 0 Å². The van der Waals surface area contributed by atoms with Crippen molar-refractivity contribution in [3.63, 3.8) is 0 Å². The van der Waals surface area contributed by atoms with Crippen LogP contribution in [0.3, 0.4) is 0 Å². The van der Waals surface area contributed by atoms with E-state index in [-0.39, 0.29) is 0 Å². The summed E-state index contributed by atoms with van der Waals surface area (Å²) in [7, 11) is 2.07. The molecule has 0 amide bonds. The van der Waals surface area contributed by atoms with Crippen LogP contribution in [0.5, 0.6) is 0 Å². The molecular weight excluding hydrogens is 312 g/mol. The average Bonchev–Trinajstić information content (AvgIpc) is 2.68. The van der Waals surface area contributed by atoms with Gasteiger partial charge in [0.05, 0.1) is 6.10 Å². The second-order valence-corrected chi connectivity index (χ2v) is 6.89. The molecule has 1 N–H and O–H groups in total. The summed E-state index contributed by atoms with van der Waals surface area (Å²) in [5.74, 6) is 0.852. The number of aliphatic hydroxyl groups excluding tert-OH is 1. The minimum atomic E-state index is -0.415. The molecule has 0 unspecified atom stereocenters. The SMILES string of the molecule is CN(CC[C@@H](O)c1ccccc1)Cc1cnc(N2CCCCC2)nc1. The van der Waals surface area contributed by atoms with Crippen LogP contribution in [0.1, 0.15) is 42.9 Å². The standard InChI is InChI=1S/C20H28N4O/c1-23(13-10-19(25)18-8-4-2-5-9-18)16-17-14-21-20(22-15-17)24-11-6-3-7-12-24/h2,4-5,8-9,14-15,19,25H,3,6-7,10-13,16H2,1H3/t19-/m1/s1. The van der Waals surface area contributed by atoms with Crippen LogP contribution in [0.15, 0.2) is 42.7 Å². The second kappa shape index (κ2) is 8.92. The van der Waals surface area contributed by atoms with Crippen molar-refractivity contribution >= 4 is 5.95 Å². The first kappa shape index (κ1) is 17.8. The normalized spacial score (nSPS) is 16.2. The number of piperidine rings is 1. The van der Waals surface area contributed by atoms with Gasteiger partial charge in [-0.25, -0.2) is 9.97 Å². The number of benzene rings is 1. The van der Waals surface area contributed by atoms with Crippen molar-refractivity contribution in [2.45, 2.75) is 38.3 Å². The third-order valence-corrected chi connectivity index (χ3v) is 4.75. The van der Waals surface area contributed by atoms with Gasteiger partial charge in [0.2, 0.25) is 5.95 Å². The Bertz CT molecular complexity index is 626. The molecule has 1 atom stereocenters. The van der Waals surface area contributed by atoms with Gasteiger partial charge in [0.15, 0.2) is 0 Å². The molecule has 2 aromatic rings. The predicted octanol–water partition coefficient (Wildman–Crippen LogP) is 3.02. The largest absolute Gasteiger partial charge is 0.388 e. The van der Waals surface area contributed by atoms with Crippen LogP contribution in [0.2, 0.25) is 0 Å². The Balaban J connectivity index is 1.46. The number of hydrogen-bond acceptors (Lipinski definition) is 5. The van der Waals surface area contributed by atoms with Crippen LogP contribution in [0.25, 0.3) is 0 Å². The van der Waals surface area contributed by atoms with Gasteiger partial charge in [-0.1, -0.05) is 30.3 Å². The quantitative estimate of drug-likeness (QED) is 0.840. The molecule has 0 saturated carbocycles. The first-order valence-electron chi connectivity index (χ1n) is 9.20. The van der Waals surface area contributed by atoms with Crippen molar-refractivity contribution in [2.75, 3.05) is 31.6 Å². The fourth-order valence-electron chi connectivity index (χ4n) is 3.26. The third kappa shape index (κ3) is 5.25. The minimum absolute atomic E-state index is 0.415. The van der Waals surface area contributed by atoms with Gasteiger partial charge in [0.1, 0.15) is 0 Å². The van der Waals surface area contributed by atoms with Crippen molar-refractivity contribution in [1.82, 2.24) is 14.9 Å². The highest BCUT2D eigenvalue weighted by Gasteiger charge is 2.13. The van der Waals surface area contributed by atoms with Crippen LogP contribution < -0.4 is 4.90 Å². The highest BCUT2D eigenvalue weighted by atomic mass is 16.3. The number of aliphatic hydroxyl groups is 1. The van der Waals surface area contributed by atoms with Gasteiger partial charge in [0, 0.05) is 44.1 Å². The molecule has 2 heterocycles. The Kier molecular flexibility index (Phi) is 6.36. The molecular formula is C20H28N4O. The Hall–Kier alpha value is -1.98. The number of aromatic nitrogens is 2. The van der Waals surface area contributed by atoms with Gasteiger partial charge >= 0.3 is 0 Å². The van der Waals surface area contributed by atoms with Crippen LogP contribution in [-0.2, 0) is 6.54 Å². The maximum absolute atomic E-state index is 10.3. The molecule has 1 aromatic carbocycles. The van der Waals surface area contributed by atoms with Crippen LogP contribution >= 0.6 is 0 Å². The number of anilines is 1. The van der Waals surface area contributed by atoms with E-state index < -0.39 is 6.10 Å². The molecule has 1 aromatic heterocycles. The van der Waals surface area contributed by atoms with Gasteiger partial charge in [-0.3, -0.25) is 0 Å². The number of nitrogens with zero attached hydrogens (tertiary/aromatic N) is 4. The molecule has 5 nitrogen and oxygen atoms in total. The molecule has 0 aliphatic carbocycles. The molecule has 1 saturated heterocycles. The Morgan fingerprint density at radius 3 is 2.44 bits per heavy atom. The number of hydrogen-bond donors (Lipinski definition) is 1. The van der Waals surface area contributed by atoms with Crippen molar-refractivity contribution in [1.29, 1.82) is 0 Å². The Morgan fingerprint density at radius 1 is 1.08 bits per heavy atom. The van der Waals surface area contributed by atoms with Crippen molar-refractivity contribution in [3.05, 3.63) is 53.9 Å². The van der Waals surface area contributed by atoms with Crippen LogP contribution in [0.4, 0.5) is 5.95 Å². The summed E-state index contributed by atoms with van der Waals surface area (Å²) in [5, 5.41) is 10.3. The highest BCUT2D eigenvalue weighted by Crippen LogP contribution is 2.17. The summed E-state index contributed by atoms with van der Waals surface area (Å²) in [6.07, 6.45) is 7.94. The molecule has 0 radical (unpaired) electrons. The maximum atomic E-state index is 10.3. The fraction of sp³-hybridized carbons (Fsp3) is 0.500. The third-order valence-electron chi connectivity index (χ3n) is 4.75. The first-order valence-corrected chi connectivity index (χ1v) is 9.20. The van der Waals surface area contributed by atoms with E-state index in [1.54, 1.807) is 0 Å². The zero-order valence-electron chi connectivity index (χ0n) is 15.0. The lowest BCUT2D eigenvalue weighted by atomic mass is 10.1. The van der Waals surface area contributed by atoms with Gasteiger partial charge in [-0.15, -0.1) is 0 Å². The van der Waals surface area contributed by atoms with E-state index in [0.717, 1.165) is 43.3 Å². The topological polar surface area (TPSA) is 52.5 Å². The molecule has 1 aliphatic rings. The zero-order chi connectivity index (χ0) is 17.5. The lowest BCUT2D eigenvalue weighted by Gasteiger charge is -2.26. The molecule has 0 spiro atoms. The number of rotatable bonds is 7. The maximum Gasteiger partial charge on any atom is 0.225 e. The van der Waals surface area contributed by atoms with Gasteiger partial charge < -0.3 is 14.9 Å². The minimum Gasteiger partial charge on any atom is -0.388 e. The predicted molar refractivity (Wildman–Crippen MR) is 100 cm³/mol.